The summed E-state index contributed by atoms with van der Waals surface area (Å²) in [5.41, 5.74) is 10.5. The summed E-state index contributed by atoms with van der Waals surface area (Å²) in [4.78, 5) is 28.7. The normalized spacial score (nSPS) is 13.7. The summed E-state index contributed by atoms with van der Waals surface area (Å²) in [5, 5.41) is 14.7. The second kappa shape index (κ2) is 8.81. The number of carbonyl (C=O) groups excluding carboxylic acids is 2. The number of ether oxygens (including phenoxy) is 1. The lowest BCUT2D eigenvalue weighted by atomic mass is 9.98. The Morgan fingerprint density at radius 1 is 1.17 bits per heavy atom. The summed E-state index contributed by atoms with van der Waals surface area (Å²) in [6.07, 6.45) is 4.46. The number of aromatic nitrogens is 4. The highest BCUT2D eigenvalue weighted by atomic mass is 16.5. The highest BCUT2D eigenvalue weighted by Gasteiger charge is 2.39. The van der Waals surface area contributed by atoms with Crippen LogP contribution < -0.4 is 21.1 Å². The predicted octanol–water partition coefficient (Wildman–Crippen LogP) is 3.46. The van der Waals surface area contributed by atoms with Crippen LogP contribution in [0.15, 0.2) is 61.4 Å². The molecule has 36 heavy (non-hydrogen) atoms. The van der Waals surface area contributed by atoms with Gasteiger partial charge in [0.05, 0.1) is 12.7 Å². The zero-order chi connectivity index (χ0) is 25.4. The molecule has 1 aliphatic rings. The van der Waals surface area contributed by atoms with Gasteiger partial charge in [0.15, 0.2) is 5.82 Å². The minimum atomic E-state index is -0.300. The van der Waals surface area contributed by atoms with Gasteiger partial charge in [-0.2, -0.15) is 0 Å². The van der Waals surface area contributed by atoms with E-state index in [2.05, 4.69) is 32.4 Å². The number of nitrogens with one attached hydrogen (secondary N) is 2. The fourth-order valence-electron chi connectivity index (χ4n) is 3.99. The van der Waals surface area contributed by atoms with Crippen molar-refractivity contribution in [3.05, 3.63) is 67.0 Å². The van der Waals surface area contributed by atoms with Gasteiger partial charge in [-0.3, -0.25) is 9.59 Å². The summed E-state index contributed by atoms with van der Waals surface area (Å²) in [6, 6.07) is 12.6. The number of anilines is 2. The first-order chi connectivity index (χ1) is 17.3. The van der Waals surface area contributed by atoms with Crippen LogP contribution in [-0.2, 0) is 4.79 Å². The molecule has 5 rings (SSSR count). The molecule has 4 N–H and O–H groups in total. The SMILES string of the molecule is C=CC(=O)Nc1ccc(-c2nn3ncnc(N)c3c2-c2ccc(C(=O)NC3(C)CC3)c(OC)c2)cc1. The van der Waals surface area contributed by atoms with Gasteiger partial charge < -0.3 is 21.1 Å². The quantitative estimate of drug-likeness (QED) is 0.342. The number of carbonyl (C=O) groups is 2. The standard InChI is InChI=1S/C26H25N7O3/c1-4-20(34)30-17-8-5-15(6-9-17)22-21(23-24(27)28-14-29-33(23)32-22)16-7-10-18(19(13-16)36-3)25(35)31-26(2)11-12-26/h4-10,13-14H,1,11-12H2,2-3H3,(H,30,34)(H,31,35)(H2,27,28,29). The molecule has 2 heterocycles. The Kier molecular flexibility index (Phi) is 5.63. The highest BCUT2D eigenvalue weighted by Crippen LogP contribution is 2.39. The lowest BCUT2D eigenvalue weighted by molar-refractivity contribution is -0.111. The number of nitrogen functional groups attached to an aromatic ring is 1. The van der Waals surface area contributed by atoms with Crippen LogP contribution in [-0.4, -0.2) is 44.3 Å². The molecule has 10 heteroatoms. The molecule has 0 spiro atoms. The fourth-order valence-corrected chi connectivity index (χ4v) is 3.99. The second-order valence-corrected chi connectivity index (χ2v) is 8.91. The summed E-state index contributed by atoms with van der Waals surface area (Å²) in [5.74, 6) is 0.207. The van der Waals surface area contributed by atoms with Gasteiger partial charge in [0.1, 0.15) is 23.3 Å². The summed E-state index contributed by atoms with van der Waals surface area (Å²) >= 11 is 0. The maximum atomic E-state index is 12.9. The third-order valence-electron chi connectivity index (χ3n) is 6.23. The average Bonchev–Trinajstić information content (AvgIpc) is 3.46. The molecule has 0 unspecified atom stereocenters. The maximum Gasteiger partial charge on any atom is 0.255 e. The molecule has 0 atom stereocenters. The van der Waals surface area contributed by atoms with E-state index in [1.165, 1.54) is 24.1 Å². The summed E-state index contributed by atoms with van der Waals surface area (Å²) in [6.45, 7) is 5.49. The zero-order valence-corrected chi connectivity index (χ0v) is 19.9. The van der Waals surface area contributed by atoms with E-state index in [9.17, 15) is 9.59 Å². The maximum absolute atomic E-state index is 12.9. The van der Waals surface area contributed by atoms with E-state index in [0.29, 0.717) is 33.8 Å². The topological polar surface area (TPSA) is 137 Å². The molecule has 0 radical (unpaired) electrons. The first-order valence-corrected chi connectivity index (χ1v) is 11.4. The molecule has 1 aliphatic carbocycles. The third kappa shape index (κ3) is 4.24. The second-order valence-electron chi connectivity index (χ2n) is 8.91. The molecule has 4 aromatic rings. The van der Waals surface area contributed by atoms with Gasteiger partial charge in [0.2, 0.25) is 5.91 Å². The van der Waals surface area contributed by atoms with Crippen molar-refractivity contribution in [2.24, 2.45) is 0 Å². The lowest BCUT2D eigenvalue weighted by Crippen LogP contribution is -2.34. The van der Waals surface area contributed by atoms with Gasteiger partial charge in [0.25, 0.3) is 5.91 Å². The number of hydrogen-bond acceptors (Lipinski definition) is 7. The minimum absolute atomic E-state index is 0.153. The van der Waals surface area contributed by atoms with E-state index in [1.54, 1.807) is 24.3 Å². The van der Waals surface area contributed by atoms with Crippen LogP contribution in [0.3, 0.4) is 0 Å². The molecule has 1 saturated carbocycles. The first-order valence-electron chi connectivity index (χ1n) is 11.4. The van der Waals surface area contributed by atoms with Crippen molar-refractivity contribution < 1.29 is 14.3 Å². The van der Waals surface area contributed by atoms with Crippen molar-refractivity contribution in [1.29, 1.82) is 0 Å². The lowest BCUT2D eigenvalue weighted by Gasteiger charge is -2.15. The van der Waals surface area contributed by atoms with Crippen LogP contribution in [0.4, 0.5) is 11.5 Å². The molecular weight excluding hydrogens is 458 g/mol. The zero-order valence-electron chi connectivity index (χ0n) is 19.9. The van der Waals surface area contributed by atoms with Gasteiger partial charge in [-0.15, -0.1) is 14.8 Å². The van der Waals surface area contributed by atoms with E-state index in [0.717, 1.165) is 24.0 Å². The Balaban J connectivity index is 1.61. The van der Waals surface area contributed by atoms with Gasteiger partial charge in [0, 0.05) is 22.4 Å². The predicted molar refractivity (Wildman–Crippen MR) is 137 cm³/mol. The third-order valence-corrected chi connectivity index (χ3v) is 6.23. The number of methoxy groups -OCH3 is 1. The fraction of sp³-hybridized carbons (Fsp3) is 0.192. The molecule has 0 bridgehead atoms. The number of amides is 2. The van der Waals surface area contributed by atoms with Crippen molar-refractivity contribution in [1.82, 2.24) is 25.1 Å². The van der Waals surface area contributed by atoms with Crippen molar-refractivity contribution in [2.45, 2.75) is 25.3 Å². The molecule has 0 aliphatic heterocycles. The molecule has 10 nitrogen and oxygen atoms in total. The first kappa shape index (κ1) is 23.0. The van der Waals surface area contributed by atoms with E-state index < -0.39 is 0 Å². The number of hydrogen-bond donors (Lipinski definition) is 3. The number of fused-ring (bicyclic) bond motifs is 1. The number of nitrogens with zero attached hydrogens (tertiary/aromatic N) is 4. The van der Waals surface area contributed by atoms with E-state index in [1.807, 2.05) is 25.1 Å². The largest absolute Gasteiger partial charge is 0.496 e. The van der Waals surface area contributed by atoms with Crippen molar-refractivity contribution in [3.63, 3.8) is 0 Å². The number of rotatable bonds is 7. The van der Waals surface area contributed by atoms with Gasteiger partial charge >= 0.3 is 0 Å². The molecular formula is C26H25N7O3. The van der Waals surface area contributed by atoms with E-state index >= 15 is 0 Å². The summed E-state index contributed by atoms with van der Waals surface area (Å²) in [7, 11) is 1.53. The minimum Gasteiger partial charge on any atom is -0.496 e. The van der Waals surface area contributed by atoms with Crippen LogP contribution in [0.2, 0.25) is 0 Å². The van der Waals surface area contributed by atoms with Crippen molar-refractivity contribution in [3.8, 4) is 28.1 Å². The van der Waals surface area contributed by atoms with Crippen LogP contribution in [0.1, 0.15) is 30.1 Å². The van der Waals surface area contributed by atoms with Crippen LogP contribution in [0.5, 0.6) is 5.75 Å². The average molecular weight is 484 g/mol. The van der Waals surface area contributed by atoms with Crippen LogP contribution >= 0.6 is 0 Å². The Morgan fingerprint density at radius 3 is 2.56 bits per heavy atom. The van der Waals surface area contributed by atoms with Crippen LogP contribution in [0.25, 0.3) is 27.9 Å². The molecule has 2 aromatic carbocycles. The van der Waals surface area contributed by atoms with Gasteiger partial charge in [-0.1, -0.05) is 24.8 Å². The van der Waals surface area contributed by atoms with Crippen molar-refractivity contribution >= 4 is 28.8 Å². The Bertz CT molecular complexity index is 1500. The molecule has 2 amide bonds. The highest BCUT2D eigenvalue weighted by molar-refractivity contribution is 6.01. The molecule has 0 saturated heterocycles. The molecule has 2 aromatic heterocycles. The van der Waals surface area contributed by atoms with E-state index in [-0.39, 0.29) is 23.2 Å². The van der Waals surface area contributed by atoms with Crippen molar-refractivity contribution in [2.75, 3.05) is 18.2 Å². The van der Waals surface area contributed by atoms with Gasteiger partial charge in [-0.05, 0) is 55.7 Å². The molecule has 182 valence electrons. The van der Waals surface area contributed by atoms with E-state index in [4.69, 9.17) is 10.5 Å². The monoisotopic (exact) mass is 483 g/mol. The Morgan fingerprint density at radius 2 is 1.89 bits per heavy atom. The number of benzene rings is 2. The number of nitrogens with two attached hydrogens (primary N) is 1. The Hall–Kier alpha value is -4.73. The summed E-state index contributed by atoms with van der Waals surface area (Å²) < 4.78 is 7.02. The Labute approximate surface area is 207 Å². The smallest absolute Gasteiger partial charge is 0.255 e. The van der Waals surface area contributed by atoms with Gasteiger partial charge in [-0.25, -0.2) is 4.98 Å². The molecule has 1 fully saturated rings. The van der Waals surface area contributed by atoms with Crippen LogP contribution in [0, 0.1) is 0 Å².